The summed E-state index contributed by atoms with van der Waals surface area (Å²) in [5.41, 5.74) is 3.14. The highest BCUT2D eigenvalue weighted by Crippen LogP contribution is 2.29. The summed E-state index contributed by atoms with van der Waals surface area (Å²) in [5.74, 6) is -0.288. The number of nitrogens with zero attached hydrogens (tertiary/aromatic N) is 2. The summed E-state index contributed by atoms with van der Waals surface area (Å²) >= 11 is 12.3. The quantitative estimate of drug-likeness (QED) is 0.335. The third-order valence-electron chi connectivity index (χ3n) is 6.67. The first kappa shape index (κ1) is 25.9. The minimum absolute atomic E-state index is 0.0132. The van der Waals surface area contributed by atoms with Crippen molar-refractivity contribution < 1.29 is 14.4 Å². The molecule has 2 amide bonds. The number of hydrogen-bond acceptors (Lipinski definition) is 3. The van der Waals surface area contributed by atoms with Crippen molar-refractivity contribution >= 4 is 41.3 Å². The van der Waals surface area contributed by atoms with Crippen molar-refractivity contribution in [1.29, 1.82) is 0 Å². The Morgan fingerprint density at radius 1 is 0.889 bits per heavy atom. The molecule has 0 radical (unpaired) electrons. The normalized spacial score (nSPS) is 16.0. The first-order chi connectivity index (χ1) is 17.5. The molecular weight excluding hydrogens is 495 g/mol. The molecule has 1 aliphatic heterocycles. The number of halogens is 2. The Hall–Kier alpha value is -3.15. The van der Waals surface area contributed by atoms with Crippen LogP contribution in [0.5, 0.6) is 0 Å². The number of piperazine rings is 1. The minimum atomic E-state index is -0.795. The van der Waals surface area contributed by atoms with Crippen LogP contribution in [-0.4, -0.2) is 53.6 Å². The predicted molar refractivity (Wildman–Crippen MR) is 142 cm³/mol. The summed E-state index contributed by atoms with van der Waals surface area (Å²) in [6.07, 6.45) is 1.83. The molecule has 3 aromatic carbocycles. The minimum Gasteiger partial charge on any atom is -0.331 e. The fourth-order valence-electron chi connectivity index (χ4n) is 4.78. The molecule has 0 bridgehead atoms. The van der Waals surface area contributed by atoms with Gasteiger partial charge in [-0.1, -0.05) is 89.9 Å². The van der Waals surface area contributed by atoms with Gasteiger partial charge in [-0.3, -0.25) is 9.59 Å². The van der Waals surface area contributed by atoms with E-state index in [-0.39, 0.29) is 30.7 Å². The second-order valence-corrected chi connectivity index (χ2v) is 9.76. The number of aldehydes is 1. The Labute approximate surface area is 221 Å². The maximum Gasteiger partial charge on any atom is 0.246 e. The molecule has 0 aliphatic carbocycles. The number of benzene rings is 3. The topological polar surface area (TPSA) is 57.7 Å². The fraction of sp³-hybridized carbons (Fsp3) is 0.276. The molecule has 36 heavy (non-hydrogen) atoms. The summed E-state index contributed by atoms with van der Waals surface area (Å²) in [5, 5.41) is 1.07. The van der Waals surface area contributed by atoms with Crippen LogP contribution in [0.25, 0.3) is 0 Å². The molecule has 1 atom stereocenters. The third kappa shape index (κ3) is 6.15. The van der Waals surface area contributed by atoms with E-state index < -0.39 is 6.04 Å². The summed E-state index contributed by atoms with van der Waals surface area (Å²) in [7, 11) is 0. The molecule has 0 N–H and O–H groups in total. The van der Waals surface area contributed by atoms with Gasteiger partial charge in [-0.15, -0.1) is 0 Å². The average Bonchev–Trinajstić information content (AvgIpc) is 2.89. The van der Waals surface area contributed by atoms with Crippen LogP contribution in [0.3, 0.4) is 0 Å². The van der Waals surface area contributed by atoms with Gasteiger partial charge < -0.3 is 14.6 Å². The number of rotatable bonds is 10. The Balaban J connectivity index is 1.48. The second kappa shape index (κ2) is 12.2. The van der Waals surface area contributed by atoms with Gasteiger partial charge in [0, 0.05) is 35.5 Å². The van der Waals surface area contributed by atoms with E-state index in [2.05, 4.69) is 24.3 Å². The first-order valence-corrected chi connectivity index (χ1v) is 12.8. The van der Waals surface area contributed by atoms with Crippen molar-refractivity contribution in [2.45, 2.75) is 31.2 Å². The van der Waals surface area contributed by atoms with Crippen LogP contribution in [0, 0.1) is 0 Å². The van der Waals surface area contributed by atoms with E-state index in [4.69, 9.17) is 23.2 Å². The number of carbonyl (C=O) groups is 3. The first-order valence-electron chi connectivity index (χ1n) is 12.0. The van der Waals surface area contributed by atoms with Gasteiger partial charge in [0.25, 0.3) is 0 Å². The zero-order chi connectivity index (χ0) is 25.5. The highest BCUT2D eigenvalue weighted by Gasteiger charge is 2.39. The van der Waals surface area contributed by atoms with Crippen LogP contribution in [0.2, 0.25) is 10.0 Å². The molecule has 0 aromatic heterocycles. The van der Waals surface area contributed by atoms with Crippen molar-refractivity contribution in [3.63, 3.8) is 0 Å². The number of hydrogen-bond donors (Lipinski definition) is 0. The standard InChI is InChI=1S/C29H28Cl2N2O3/c30-24-12-11-23(26(31)19-24)13-16-32-20-28(35)33(27(15-18-34)29(32)36)17-14-25(21-7-3-1-4-8-21)22-9-5-2-6-10-22/h1-12,18-19,25,27H,13-17,20H2. The summed E-state index contributed by atoms with van der Waals surface area (Å²) in [6, 6.07) is 24.7. The molecule has 4 rings (SSSR count). The Bertz CT molecular complexity index is 1160. The Morgan fingerprint density at radius 2 is 1.53 bits per heavy atom. The van der Waals surface area contributed by atoms with Gasteiger partial charge >= 0.3 is 0 Å². The van der Waals surface area contributed by atoms with Crippen molar-refractivity contribution in [2.75, 3.05) is 19.6 Å². The van der Waals surface area contributed by atoms with E-state index in [1.807, 2.05) is 42.5 Å². The summed E-state index contributed by atoms with van der Waals surface area (Å²) in [4.78, 5) is 41.1. The van der Waals surface area contributed by atoms with Gasteiger partial charge in [0.1, 0.15) is 12.3 Å². The lowest BCUT2D eigenvalue weighted by atomic mass is 9.88. The highest BCUT2D eigenvalue weighted by atomic mass is 35.5. The van der Waals surface area contributed by atoms with E-state index in [1.165, 1.54) is 4.90 Å². The lowest BCUT2D eigenvalue weighted by Gasteiger charge is -2.40. The molecule has 1 fully saturated rings. The fourth-order valence-corrected chi connectivity index (χ4v) is 5.29. The molecule has 1 unspecified atom stereocenters. The zero-order valence-corrected chi connectivity index (χ0v) is 21.4. The molecule has 7 heteroatoms. The summed E-state index contributed by atoms with van der Waals surface area (Å²) in [6.45, 7) is 0.709. The van der Waals surface area contributed by atoms with Crippen LogP contribution < -0.4 is 0 Å². The molecule has 5 nitrogen and oxygen atoms in total. The molecule has 3 aromatic rings. The molecule has 186 valence electrons. The largest absolute Gasteiger partial charge is 0.331 e. The zero-order valence-electron chi connectivity index (χ0n) is 19.9. The monoisotopic (exact) mass is 522 g/mol. The highest BCUT2D eigenvalue weighted by molar-refractivity contribution is 6.35. The van der Waals surface area contributed by atoms with Crippen LogP contribution in [-0.2, 0) is 20.8 Å². The molecule has 1 heterocycles. The van der Waals surface area contributed by atoms with Crippen molar-refractivity contribution in [3.8, 4) is 0 Å². The second-order valence-electron chi connectivity index (χ2n) is 8.91. The summed E-state index contributed by atoms with van der Waals surface area (Å²) < 4.78 is 0. The lowest BCUT2D eigenvalue weighted by Crippen LogP contribution is -2.60. The SMILES string of the molecule is O=CCC1C(=O)N(CCc2ccc(Cl)cc2Cl)CC(=O)N1CCC(c1ccccc1)c1ccccc1. The average molecular weight is 523 g/mol. The van der Waals surface area contributed by atoms with Crippen molar-refractivity contribution in [1.82, 2.24) is 9.80 Å². The number of amides is 2. The van der Waals surface area contributed by atoms with Crippen molar-refractivity contribution in [3.05, 3.63) is 106 Å². The van der Waals surface area contributed by atoms with E-state index in [1.54, 1.807) is 17.0 Å². The maximum absolute atomic E-state index is 13.3. The molecule has 0 saturated carbocycles. The van der Waals surface area contributed by atoms with Crippen LogP contribution >= 0.6 is 23.2 Å². The van der Waals surface area contributed by atoms with Crippen LogP contribution in [0.1, 0.15) is 35.4 Å². The third-order valence-corrected chi connectivity index (χ3v) is 7.25. The maximum atomic E-state index is 13.3. The number of carbonyl (C=O) groups excluding carboxylic acids is 3. The van der Waals surface area contributed by atoms with E-state index >= 15 is 0 Å². The van der Waals surface area contributed by atoms with Gasteiger partial charge in [-0.05, 0) is 41.7 Å². The predicted octanol–water partition coefficient (Wildman–Crippen LogP) is 5.39. The van der Waals surface area contributed by atoms with Gasteiger partial charge in [-0.25, -0.2) is 0 Å². The van der Waals surface area contributed by atoms with Gasteiger partial charge in [0.2, 0.25) is 11.8 Å². The van der Waals surface area contributed by atoms with Gasteiger partial charge in [0.15, 0.2) is 0 Å². The van der Waals surface area contributed by atoms with Gasteiger partial charge in [-0.2, -0.15) is 0 Å². The molecular formula is C29H28Cl2N2O3. The van der Waals surface area contributed by atoms with E-state index in [0.29, 0.717) is 42.3 Å². The smallest absolute Gasteiger partial charge is 0.246 e. The van der Waals surface area contributed by atoms with Crippen molar-refractivity contribution in [2.24, 2.45) is 0 Å². The van der Waals surface area contributed by atoms with E-state index in [0.717, 1.165) is 16.7 Å². The molecule has 1 aliphatic rings. The van der Waals surface area contributed by atoms with Gasteiger partial charge in [0.05, 0.1) is 6.54 Å². The Morgan fingerprint density at radius 3 is 2.11 bits per heavy atom. The van der Waals surface area contributed by atoms with E-state index in [9.17, 15) is 14.4 Å². The van der Waals surface area contributed by atoms with Crippen LogP contribution in [0.15, 0.2) is 78.9 Å². The molecule has 0 spiro atoms. The Kier molecular flexibility index (Phi) is 8.79. The lowest BCUT2D eigenvalue weighted by molar-refractivity contribution is -0.156. The van der Waals surface area contributed by atoms with Crippen LogP contribution in [0.4, 0.5) is 0 Å². The molecule has 1 saturated heterocycles.